The first-order chi connectivity index (χ1) is 9.22. The third-order valence-electron chi connectivity index (χ3n) is 5.63. The van der Waals surface area contributed by atoms with E-state index in [2.05, 4.69) is 11.0 Å². The number of rotatable bonds is 0. The van der Waals surface area contributed by atoms with Crippen molar-refractivity contribution in [2.24, 2.45) is 11.8 Å². The Labute approximate surface area is 114 Å². The fourth-order valence-electron chi connectivity index (χ4n) is 4.76. The zero-order chi connectivity index (χ0) is 13.0. The van der Waals surface area contributed by atoms with Gasteiger partial charge in [0.2, 0.25) is 0 Å². The monoisotopic (exact) mass is 262 g/mol. The molecule has 2 N–H and O–H groups in total. The van der Waals surface area contributed by atoms with E-state index in [1.165, 1.54) is 6.42 Å². The van der Waals surface area contributed by atoms with Crippen molar-refractivity contribution in [1.82, 2.24) is 4.90 Å². The molecule has 0 aliphatic carbocycles. The molecule has 4 heterocycles. The Balaban J connectivity index is 1.60. The van der Waals surface area contributed by atoms with Gasteiger partial charge in [0, 0.05) is 31.0 Å². The van der Waals surface area contributed by atoms with E-state index in [0.29, 0.717) is 23.9 Å². The summed E-state index contributed by atoms with van der Waals surface area (Å²) in [5.41, 5.74) is 0. The van der Waals surface area contributed by atoms with Crippen molar-refractivity contribution in [2.75, 3.05) is 19.6 Å². The van der Waals surface area contributed by atoms with Gasteiger partial charge in [0.25, 0.3) is 0 Å². The van der Waals surface area contributed by atoms with Gasteiger partial charge in [-0.05, 0) is 31.4 Å². The first-order valence-corrected chi connectivity index (χ1v) is 7.56. The quantitative estimate of drug-likeness (QED) is 0.558. The molecule has 3 fully saturated rings. The van der Waals surface area contributed by atoms with Crippen molar-refractivity contribution in [2.45, 2.75) is 37.5 Å². The highest BCUT2D eigenvalue weighted by Gasteiger charge is 2.49. The third-order valence-corrected chi connectivity index (χ3v) is 5.63. The van der Waals surface area contributed by atoms with Crippen molar-refractivity contribution in [3.8, 4) is 0 Å². The number of allylic oxidation sites excluding steroid dienone is 2. The van der Waals surface area contributed by atoms with Gasteiger partial charge in [0.15, 0.2) is 0 Å². The average molecular weight is 262 g/mol. The molecular formula is C15H22N2O2. The predicted octanol–water partition coefficient (Wildman–Crippen LogP) is -1.51. The van der Waals surface area contributed by atoms with Crippen molar-refractivity contribution in [1.29, 1.82) is 0 Å². The fourth-order valence-corrected chi connectivity index (χ4v) is 4.76. The number of fused-ring (bicyclic) bond motifs is 6. The summed E-state index contributed by atoms with van der Waals surface area (Å²) in [6, 6.07) is 0.897. The van der Waals surface area contributed by atoms with Gasteiger partial charge >= 0.3 is 0 Å². The second-order valence-corrected chi connectivity index (χ2v) is 6.67. The van der Waals surface area contributed by atoms with E-state index < -0.39 is 0 Å². The Bertz CT molecular complexity index is 434. The minimum atomic E-state index is -0.131. The molecule has 19 heavy (non-hydrogen) atoms. The number of hydrogen-bond donors (Lipinski definition) is 2. The summed E-state index contributed by atoms with van der Waals surface area (Å²) >= 11 is 0. The van der Waals surface area contributed by atoms with Crippen LogP contribution in [0.4, 0.5) is 0 Å². The molecule has 104 valence electrons. The van der Waals surface area contributed by atoms with Crippen LogP contribution in [0.3, 0.4) is 0 Å². The van der Waals surface area contributed by atoms with Crippen LogP contribution in [0.1, 0.15) is 19.3 Å². The first kappa shape index (κ1) is 11.9. The Morgan fingerprint density at radius 1 is 1.32 bits per heavy atom. The minimum absolute atomic E-state index is 0.131. The van der Waals surface area contributed by atoms with Crippen LogP contribution in [0.15, 0.2) is 24.1 Å². The molecule has 0 aromatic carbocycles. The third kappa shape index (κ3) is 1.85. The summed E-state index contributed by atoms with van der Waals surface area (Å²) in [4.78, 5) is 3.72. The van der Waals surface area contributed by atoms with E-state index in [1.807, 2.05) is 6.08 Å². The molecule has 0 aromatic rings. The summed E-state index contributed by atoms with van der Waals surface area (Å²) in [7, 11) is 0. The lowest BCUT2D eigenvalue weighted by molar-refractivity contribution is -0.941. The zero-order valence-electron chi connectivity index (χ0n) is 11.2. The summed E-state index contributed by atoms with van der Waals surface area (Å²) in [6.07, 6.45) is 8.83. The van der Waals surface area contributed by atoms with Crippen LogP contribution in [0, 0.1) is 11.8 Å². The molecule has 0 spiro atoms. The van der Waals surface area contributed by atoms with Gasteiger partial charge in [-0.3, -0.25) is 4.90 Å². The smallest absolute Gasteiger partial charge is 0.114 e. The van der Waals surface area contributed by atoms with Crippen LogP contribution >= 0.6 is 0 Å². The van der Waals surface area contributed by atoms with Crippen molar-refractivity contribution in [3.63, 3.8) is 0 Å². The number of nitrogens with zero attached hydrogens (tertiary/aromatic N) is 1. The molecule has 4 aliphatic rings. The van der Waals surface area contributed by atoms with E-state index in [1.54, 1.807) is 6.08 Å². The second kappa shape index (κ2) is 4.33. The molecule has 6 unspecified atom stereocenters. The number of aliphatic hydroxyl groups excluding tert-OH is 1. The highest BCUT2D eigenvalue weighted by molar-refractivity contribution is 5.12. The van der Waals surface area contributed by atoms with E-state index in [0.717, 1.165) is 37.4 Å². The fraction of sp³-hybridized carbons (Fsp3) is 0.733. The summed E-state index contributed by atoms with van der Waals surface area (Å²) in [6.45, 7) is 3.10. The lowest BCUT2D eigenvalue weighted by Gasteiger charge is -2.55. The SMILES string of the molecule is [O-]C1=CC=CC2C3CC(C[NH+]12)C1CC(O)CCN1C3. The van der Waals surface area contributed by atoms with Crippen LogP contribution in [-0.4, -0.2) is 47.8 Å². The second-order valence-electron chi connectivity index (χ2n) is 6.67. The molecule has 2 bridgehead atoms. The number of quaternary nitrogens is 1. The molecule has 4 heteroatoms. The Hall–Kier alpha value is -0.840. The highest BCUT2D eigenvalue weighted by Crippen LogP contribution is 2.36. The van der Waals surface area contributed by atoms with Crippen molar-refractivity contribution >= 4 is 0 Å². The summed E-state index contributed by atoms with van der Waals surface area (Å²) < 4.78 is 0. The molecule has 0 saturated carbocycles. The maximum atomic E-state index is 12.1. The lowest BCUT2D eigenvalue weighted by Crippen LogP contribution is -3.18. The van der Waals surface area contributed by atoms with Gasteiger partial charge in [-0.25, -0.2) is 0 Å². The summed E-state index contributed by atoms with van der Waals surface area (Å²) in [5.74, 6) is 1.46. The predicted molar refractivity (Wildman–Crippen MR) is 69.0 cm³/mol. The number of nitrogens with one attached hydrogen (secondary N) is 1. The van der Waals surface area contributed by atoms with Gasteiger partial charge < -0.3 is 15.1 Å². The first-order valence-electron chi connectivity index (χ1n) is 7.56. The van der Waals surface area contributed by atoms with E-state index >= 15 is 0 Å². The van der Waals surface area contributed by atoms with E-state index in [-0.39, 0.29) is 12.0 Å². The van der Waals surface area contributed by atoms with Gasteiger partial charge in [-0.1, -0.05) is 6.08 Å². The van der Waals surface area contributed by atoms with Gasteiger partial charge in [-0.15, -0.1) is 0 Å². The molecule has 3 saturated heterocycles. The van der Waals surface area contributed by atoms with Crippen LogP contribution in [-0.2, 0) is 0 Å². The van der Waals surface area contributed by atoms with Crippen LogP contribution in [0.5, 0.6) is 0 Å². The standard InChI is InChI=1S/C15H22N2O2/c18-12-4-5-16-8-10-6-11(14(16)7-12)9-17-13(10)2-1-3-15(17)19/h1-3,10-14,18-19H,4-9H2. The van der Waals surface area contributed by atoms with Crippen molar-refractivity contribution in [3.05, 3.63) is 24.1 Å². The molecule has 0 amide bonds. The minimum Gasteiger partial charge on any atom is -0.831 e. The molecule has 0 aromatic heterocycles. The molecule has 6 atom stereocenters. The lowest BCUT2D eigenvalue weighted by atomic mass is 9.72. The van der Waals surface area contributed by atoms with Crippen LogP contribution in [0.25, 0.3) is 0 Å². The van der Waals surface area contributed by atoms with Crippen molar-refractivity contribution < 1.29 is 15.1 Å². The Morgan fingerprint density at radius 3 is 3.11 bits per heavy atom. The average Bonchev–Trinajstić information content (AvgIpc) is 2.41. The highest BCUT2D eigenvalue weighted by atomic mass is 16.3. The maximum Gasteiger partial charge on any atom is 0.114 e. The largest absolute Gasteiger partial charge is 0.831 e. The molecule has 4 aliphatic heterocycles. The maximum absolute atomic E-state index is 12.1. The number of piperidine rings is 3. The summed E-state index contributed by atoms with van der Waals surface area (Å²) in [5, 5.41) is 22.0. The normalized spacial score (nSPS) is 49.2. The van der Waals surface area contributed by atoms with E-state index in [4.69, 9.17) is 0 Å². The van der Waals surface area contributed by atoms with Crippen LogP contribution in [0.2, 0.25) is 0 Å². The van der Waals surface area contributed by atoms with Gasteiger partial charge in [0.1, 0.15) is 6.04 Å². The topological polar surface area (TPSA) is 51.0 Å². The molecular weight excluding hydrogens is 240 g/mol. The van der Waals surface area contributed by atoms with Gasteiger partial charge in [-0.2, -0.15) is 0 Å². The van der Waals surface area contributed by atoms with Gasteiger partial charge in [0.05, 0.1) is 18.5 Å². The molecule has 0 radical (unpaired) electrons. The Morgan fingerprint density at radius 2 is 2.21 bits per heavy atom. The molecule has 4 rings (SSSR count). The zero-order valence-corrected chi connectivity index (χ0v) is 11.2. The van der Waals surface area contributed by atoms with Crippen LogP contribution < -0.4 is 10.0 Å². The Kier molecular flexibility index (Phi) is 2.72. The number of aliphatic hydroxyl groups is 1. The number of hydrogen-bond acceptors (Lipinski definition) is 3. The molecule has 4 nitrogen and oxygen atoms in total. The van der Waals surface area contributed by atoms with E-state index in [9.17, 15) is 10.2 Å².